The van der Waals surface area contributed by atoms with E-state index in [0.29, 0.717) is 11.3 Å². The van der Waals surface area contributed by atoms with Crippen LogP contribution in [-0.4, -0.2) is 59.8 Å². The summed E-state index contributed by atoms with van der Waals surface area (Å²) in [7, 11) is 0. The Morgan fingerprint density at radius 1 is 1.12 bits per heavy atom. The second-order valence-electron chi connectivity index (χ2n) is 8.80. The van der Waals surface area contributed by atoms with E-state index in [0.717, 1.165) is 5.56 Å². The number of aliphatic hydroxyl groups is 1. The number of carbonyl (C=O) groups excluding carboxylic acids is 2. The van der Waals surface area contributed by atoms with E-state index >= 15 is 0 Å². The van der Waals surface area contributed by atoms with E-state index in [9.17, 15) is 14.7 Å². The molecule has 0 radical (unpaired) electrons. The summed E-state index contributed by atoms with van der Waals surface area (Å²) in [6.07, 6.45) is 0.0166. The number of amides is 1. The third kappa shape index (κ3) is 5.71. The minimum atomic E-state index is -1.05. The summed E-state index contributed by atoms with van der Waals surface area (Å²) in [6.45, 7) is 5.10. The van der Waals surface area contributed by atoms with Crippen molar-refractivity contribution in [2.24, 2.45) is 0 Å². The Kier molecular flexibility index (Phi) is 7.13. The lowest BCUT2D eigenvalue weighted by Gasteiger charge is -2.49. The van der Waals surface area contributed by atoms with Gasteiger partial charge in [0.2, 0.25) is 12.2 Å². The van der Waals surface area contributed by atoms with Crippen LogP contribution < -0.4 is 10.1 Å². The molecule has 8 nitrogen and oxygen atoms in total. The van der Waals surface area contributed by atoms with Gasteiger partial charge >= 0.3 is 0 Å². The third-order valence-corrected chi connectivity index (χ3v) is 5.68. The summed E-state index contributed by atoms with van der Waals surface area (Å²) in [5, 5.41) is 13.7. The molecule has 2 aliphatic rings. The number of benzene rings is 2. The maximum absolute atomic E-state index is 12.3. The summed E-state index contributed by atoms with van der Waals surface area (Å²) in [4.78, 5) is 24.0. The SMILES string of the molecule is CC(=O)NC1C(Oc2ccc(/C=C/C(=O)c3ccccc3)cc2)OC2COC(C)(C)OC2C1O. The zero-order valence-corrected chi connectivity index (χ0v) is 19.3. The zero-order valence-electron chi connectivity index (χ0n) is 19.3. The van der Waals surface area contributed by atoms with Crippen molar-refractivity contribution in [2.75, 3.05) is 6.61 Å². The highest BCUT2D eigenvalue weighted by Crippen LogP contribution is 2.33. The Hall–Kier alpha value is -3.04. The van der Waals surface area contributed by atoms with Crippen LogP contribution in [0.25, 0.3) is 6.08 Å². The van der Waals surface area contributed by atoms with E-state index in [1.54, 1.807) is 56.3 Å². The standard InChI is InChI=1S/C26H29NO7/c1-16(28)27-22-23(30)24-21(15-31-26(2,3)34-24)33-25(22)32-19-12-9-17(10-13-19)11-14-20(29)18-7-5-4-6-8-18/h4-14,21-25,30H,15H2,1-3H3,(H,27,28)/b14-11+. The molecule has 2 aromatic rings. The maximum Gasteiger partial charge on any atom is 0.223 e. The molecule has 0 saturated carbocycles. The number of ketones is 1. The van der Waals surface area contributed by atoms with Crippen molar-refractivity contribution in [1.82, 2.24) is 5.32 Å². The van der Waals surface area contributed by atoms with Crippen LogP contribution in [0.1, 0.15) is 36.7 Å². The van der Waals surface area contributed by atoms with E-state index in [1.807, 2.05) is 18.2 Å². The zero-order chi connectivity index (χ0) is 24.3. The fourth-order valence-electron chi connectivity index (χ4n) is 4.00. The average molecular weight is 468 g/mol. The Balaban J connectivity index is 1.44. The summed E-state index contributed by atoms with van der Waals surface area (Å²) >= 11 is 0. The van der Waals surface area contributed by atoms with E-state index in [1.165, 1.54) is 13.0 Å². The van der Waals surface area contributed by atoms with Gasteiger partial charge in [-0.15, -0.1) is 0 Å². The third-order valence-electron chi connectivity index (χ3n) is 5.68. The Morgan fingerprint density at radius 2 is 1.82 bits per heavy atom. The van der Waals surface area contributed by atoms with E-state index < -0.39 is 36.4 Å². The molecular formula is C26H29NO7. The summed E-state index contributed by atoms with van der Waals surface area (Å²) in [5.74, 6) is -0.797. The molecule has 180 valence electrons. The van der Waals surface area contributed by atoms with Gasteiger partial charge in [-0.2, -0.15) is 0 Å². The van der Waals surface area contributed by atoms with Gasteiger partial charge in [-0.3, -0.25) is 9.59 Å². The summed E-state index contributed by atoms with van der Waals surface area (Å²) in [6, 6.07) is 15.3. The van der Waals surface area contributed by atoms with Gasteiger partial charge in [0.05, 0.1) is 6.61 Å². The van der Waals surface area contributed by atoms with Crippen molar-refractivity contribution in [3.63, 3.8) is 0 Å². The number of allylic oxidation sites excluding steroid dienone is 1. The quantitative estimate of drug-likeness (QED) is 0.497. The molecule has 1 amide bonds. The lowest BCUT2D eigenvalue weighted by molar-refractivity contribution is -0.361. The minimum absolute atomic E-state index is 0.0849. The van der Waals surface area contributed by atoms with Crippen LogP contribution in [0, 0.1) is 0 Å². The van der Waals surface area contributed by atoms with Gasteiger partial charge in [-0.25, -0.2) is 0 Å². The van der Waals surface area contributed by atoms with Crippen molar-refractivity contribution < 1.29 is 33.6 Å². The molecule has 0 aliphatic carbocycles. The number of aliphatic hydroxyl groups excluding tert-OH is 1. The number of rotatable bonds is 6. The smallest absolute Gasteiger partial charge is 0.223 e. The van der Waals surface area contributed by atoms with Gasteiger partial charge in [0.1, 0.15) is 30.1 Å². The van der Waals surface area contributed by atoms with Crippen LogP contribution in [0.4, 0.5) is 0 Å². The molecule has 2 fully saturated rings. The molecule has 4 rings (SSSR count). The predicted molar refractivity (Wildman–Crippen MR) is 124 cm³/mol. The second-order valence-corrected chi connectivity index (χ2v) is 8.80. The lowest BCUT2D eigenvalue weighted by Crippen LogP contribution is -2.69. The fraction of sp³-hybridized carbons (Fsp3) is 0.385. The number of hydrogen-bond acceptors (Lipinski definition) is 7. The molecule has 2 aliphatic heterocycles. The fourth-order valence-corrected chi connectivity index (χ4v) is 4.00. The molecule has 2 N–H and O–H groups in total. The molecule has 34 heavy (non-hydrogen) atoms. The highest BCUT2D eigenvalue weighted by molar-refractivity contribution is 6.06. The van der Waals surface area contributed by atoms with Crippen LogP contribution in [0.15, 0.2) is 60.7 Å². The number of carbonyl (C=O) groups is 2. The van der Waals surface area contributed by atoms with Gasteiger partial charge in [-0.05, 0) is 37.6 Å². The van der Waals surface area contributed by atoms with Crippen LogP contribution in [0.5, 0.6) is 5.75 Å². The van der Waals surface area contributed by atoms with Gasteiger partial charge in [-0.1, -0.05) is 48.5 Å². The topological polar surface area (TPSA) is 103 Å². The maximum atomic E-state index is 12.3. The van der Waals surface area contributed by atoms with Gasteiger partial charge in [0.25, 0.3) is 0 Å². The lowest BCUT2D eigenvalue weighted by atomic mass is 9.95. The monoisotopic (exact) mass is 467 g/mol. The molecule has 2 heterocycles. The molecule has 2 saturated heterocycles. The molecule has 0 aromatic heterocycles. The molecular weight excluding hydrogens is 438 g/mol. The van der Waals surface area contributed by atoms with Crippen molar-refractivity contribution in [1.29, 1.82) is 0 Å². The average Bonchev–Trinajstić information content (AvgIpc) is 2.81. The Morgan fingerprint density at radius 3 is 2.50 bits per heavy atom. The highest BCUT2D eigenvalue weighted by Gasteiger charge is 2.52. The van der Waals surface area contributed by atoms with Gasteiger partial charge in [0.15, 0.2) is 11.6 Å². The summed E-state index contributed by atoms with van der Waals surface area (Å²) in [5.41, 5.74) is 1.43. The first-order valence-corrected chi connectivity index (χ1v) is 11.2. The van der Waals surface area contributed by atoms with Gasteiger partial charge < -0.3 is 29.4 Å². The molecule has 5 atom stereocenters. The van der Waals surface area contributed by atoms with Crippen LogP contribution in [0.2, 0.25) is 0 Å². The van der Waals surface area contributed by atoms with Crippen molar-refractivity contribution in [3.05, 3.63) is 71.8 Å². The van der Waals surface area contributed by atoms with Crippen molar-refractivity contribution in [2.45, 2.75) is 57.2 Å². The molecule has 0 spiro atoms. The number of fused-ring (bicyclic) bond motifs is 1. The number of ether oxygens (including phenoxy) is 4. The van der Waals surface area contributed by atoms with E-state index in [-0.39, 0.29) is 18.3 Å². The second kappa shape index (κ2) is 10.1. The number of hydrogen-bond donors (Lipinski definition) is 2. The van der Waals surface area contributed by atoms with Crippen molar-refractivity contribution >= 4 is 17.8 Å². The molecule has 2 aromatic carbocycles. The van der Waals surface area contributed by atoms with Crippen LogP contribution in [0.3, 0.4) is 0 Å². The normalized spacial score (nSPS) is 28.2. The first-order valence-electron chi connectivity index (χ1n) is 11.2. The largest absolute Gasteiger partial charge is 0.463 e. The molecule has 0 bridgehead atoms. The number of nitrogens with one attached hydrogen (secondary N) is 1. The van der Waals surface area contributed by atoms with Crippen molar-refractivity contribution in [3.8, 4) is 5.75 Å². The van der Waals surface area contributed by atoms with Gasteiger partial charge in [0, 0.05) is 12.5 Å². The van der Waals surface area contributed by atoms with E-state index in [4.69, 9.17) is 18.9 Å². The Bertz CT molecular complexity index is 1030. The first-order chi connectivity index (χ1) is 16.2. The molecule has 5 unspecified atom stereocenters. The summed E-state index contributed by atoms with van der Waals surface area (Å²) < 4.78 is 23.5. The molecule has 8 heteroatoms. The first kappa shape index (κ1) is 24.1. The predicted octanol–water partition coefficient (Wildman–Crippen LogP) is 2.70. The van der Waals surface area contributed by atoms with Crippen LogP contribution in [-0.2, 0) is 19.0 Å². The van der Waals surface area contributed by atoms with Crippen LogP contribution >= 0.6 is 0 Å². The Labute approximate surface area is 198 Å². The highest BCUT2D eigenvalue weighted by atomic mass is 16.8. The van der Waals surface area contributed by atoms with E-state index in [2.05, 4.69) is 5.32 Å². The minimum Gasteiger partial charge on any atom is -0.463 e.